The van der Waals surface area contributed by atoms with Gasteiger partial charge >= 0.3 is 12.2 Å². The van der Waals surface area contributed by atoms with Gasteiger partial charge < -0.3 is 10.6 Å². The summed E-state index contributed by atoms with van der Waals surface area (Å²) in [6.07, 6.45) is 1.79. The highest BCUT2D eigenvalue weighted by atomic mass is 19.4. The summed E-state index contributed by atoms with van der Waals surface area (Å²) in [4.78, 5) is 21.4. The van der Waals surface area contributed by atoms with Crippen molar-refractivity contribution in [3.05, 3.63) is 43.0 Å². The Hall–Kier alpha value is -4.03. The molecule has 0 bridgehead atoms. The number of aryl methyl sites for hydroxylation is 1. The van der Waals surface area contributed by atoms with E-state index in [1.807, 2.05) is 0 Å². The molecule has 0 aromatic carbocycles. The van der Waals surface area contributed by atoms with Crippen LogP contribution in [0.5, 0.6) is 0 Å². The zero-order valence-electron chi connectivity index (χ0n) is 15.4. The van der Waals surface area contributed by atoms with Crippen molar-refractivity contribution >= 4 is 17.4 Å². The highest BCUT2D eigenvalue weighted by Crippen LogP contribution is 2.25. The second-order valence-electron chi connectivity index (χ2n) is 6.27. The van der Waals surface area contributed by atoms with Crippen molar-refractivity contribution in [3.63, 3.8) is 0 Å². The molecule has 0 aliphatic carbocycles. The molecule has 2 N–H and O–H groups in total. The number of rotatable bonds is 4. The molecule has 0 unspecified atom stereocenters. The lowest BCUT2D eigenvalue weighted by Crippen LogP contribution is -2.36. The van der Waals surface area contributed by atoms with Crippen molar-refractivity contribution < 1.29 is 18.0 Å². The summed E-state index contributed by atoms with van der Waals surface area (Å²) in [5, 5.41) is 16.0. The zero-order valence-corrected chi connectivity index (χ0v) is 15.4. The number of urea groups is 1. The first-order valence-corrected chi connectivity index (χ1v) is 8.57. The molecular weight excluding hydrogens is 403 g/mol. The van der Waals surface area contributed by atoms with E-state index in [1.165, 1.54) is 11.0 Å². The van der Waals surface area contributed by atoms with Gasteiger partial charge in [0.05, 0.1) is 30.8 Å². The fraction of sp³-hybridized carbons (Fsp3) is 0.176. The van der Waals surface area contributed by atoms with Crippen LogP contribution in [0.15, 0.2) is 43.0 Å². The molecule has 4 aromatic heterocycles. The topological polar surface area (TPSA) is 115 Å². The maximum Gasteiger partial charge on any atom is 0.405 e. The first kappa shape index (κ1) is 19.3. The van der Waals surface area contributed by atoms with E-state index in [2.05, 4.69) is 30.7 Å². The number of hydrogen-bond acceptors (Lipinski definition) is 6. The summed E-state index contributed by atoms with van der Waals surface area (Å²) in [6, 6.07) is 4.20. The first-order valence-electron chi connectivity index (χ1n) is 8.57. The summed E-state index contributed by atoms with van der Waals surface area (Å²) in [6.45, 7) is -1.43. The number of fused-ring (bicyclic) bond motifs is 1. The predicted octanol–water partition coefficient (Wildman–Crippen LogP) is 2.27. The zero-order chi connectivity index (χ0) is 21.3. The molecule has 4 heterocycles. The van der Waals surface area contributed by atoms with Crippen LogP contribution in [0.25, 0.3) is 28.3 Å². The molecule has 4 rings (SSSR count). The number of nitrogens with zero attached hydrogens (tertiary/aromatic N) is 7. The monoisotopic (exact) mass is 417 g/mol. The van der Waals surface area contributed by atoms with Gasteiger partial charge in [-0.15, -0.1) is 10.2 Å². The Bertz CT molecular complexity index is 1210. The van der Waals surface area contributed by atoms with Gasteiger partial charge in [0.15, 0.2) is 0 Å². The van der Waals surface area contributed by atoms with Gasteiger partial charge in [-0.05, 0) is 23.4 Å². The van der Waals surface area contributed by atoms with E-state index in [0.29, 0.717) is 22.7 Å². The SMILES string of the molecule is Cn1nnc(-c2ccn3c(-c4cncc(NC(=O)NCC(F)(F)F)c4)cnc3c2)n1. The second-order valence-corrected chi connectivity index (χ2v) is 6.27. The Morgan fingerprint density at radius 3 is 2.73 bits per heavy atom. The molecule has 4 aromatic rings. The maximum atomic E-state index is 12.2. The van der Waals surface area contributed by atoms with Crippen molar-refractivity contribution in [2.24, 2.45) is 7.05 Å². The summed E-state index contributed by atoms with van der Waals surface area (Å²) in [5.74, 6) is 0.460. The van der Waals surface area contributed by atoms with Crippen LogP contribution in [-0.4, -0.2) is 53.3 Å². The van der Waals surface area contributed by atoms with Crippen molar-refractivity contribution in [1.29, 1.82) is 0 Å². The minimum Gasteiger partial charge on any atom is -0.329 e. The Labute approximate surface area is 166 Å². The molecular formula is C17H14F3N9O. The van der Waals surface area contributed by atoms with Crippen LogP contribution < -0.4 is 10.6 Å². The van der Waals surface area contributed by atoms with Crippen molar-refractivity contribution in [2.75, 3.05) is 11.9 Å². The Morgan fingerprint density at radius 1 is 1.17 bits per heavy atom. The average molecular weight is 417 g/mol. The lowest BCUT2D eigenvalue weighted by atomic mass is 10.2. The van der Waals surface area contributed by atoms with Gasteiger partial charge in [0, 0.05) is 23.5 Å². The third kappa shape index (κ3) is 4.19. The van der Waals surface area contributed by atoms with E-state index in [4.69, 9.17) is 0 Å². The van der Waals surface area contributed by atoms with E-state index < -0.39 is 18.8 Å². The lowest BCUT2D eigenvalue weighted by Gasteiger charge is -2.10. The number of aromatic nitrogens is 7. The smallest absolute Gasteiger partial charge is 0.329 e. The molecule has 0 saturated carbocycles. The largest absolute Gasteiger partial charge is 0.405 e. The van der Waals surface area contributed by atoms with Gasteiger partial charge in [-0.25, -0.2) is 9.78 Å². The minimum absolute atomic E-state index is 0.238. The van der Waals surface area contributed by atoms with E-state index >= 15 is 0 Å². The molecule has 0 fully saturated rings. The summed E-state index contributed by atoms with van der Waals surface area (Å²) in [7, 11) is 1.67. The second kappa shape index (κ2) is 7.42. The molecule has 0 aliphatic heterocycles. The molecule has 13 heteroatoms. The molecule has 0 saturated heterocycles. The van der Waals surface area contributed by atoms with Crippen molar-refractivity contribution in [2.45, 2.75) is 6.18 Å². The highest BCUT2D eigenvalue weighted by molar-refractivity contribution is 5.89. The minimum atomic E-state index is -4.49. The molecule has 30 heavy (non-hydrogen) atoms. The fourth-order valence-corrected chi connectivity index (χ4v) is 2.74. The van der Waals surface area contributed by atoms with Crippen LogP contribution in [0.4, 0.5) is 23.7 Å². The normalized spacial score (nSPS) is 11.6. The first-order chi connectivity index (χ1) is 14.3. The summed E-state index contributed by atoms with van der Waals surface area (Å²) >= 11 is 0. The van der Waals surface area contributed by atoms with E-state index in [-0.39, 0.29) is 5.69 Å². The van der Waals surface area contributed by atoms with Crippen LogP contribution in [0, 0.1) is 0 Å². The Morgan fingerprint density at radius 2 is 2.00 bits per heavy atom. The number of imidazole rings is 1. The third-order valence-corrected chi connectivity index (χ3v) is 4.02. The molecule has 10 nitrogen and oxygen atoms in total. The van der Waals surface area contributed by atoms with Crippen LogP contribution in [-0.2, 0) is 7.05 Å². The number of tetrazole rings is 1. The quantitative estimate of drug-likeness (QED) is 0.527. The molecule has 0 aliphatic rings. The number of pyridine rings is 2. The van der Waals surface area contributed by atoms with Gasteiger partial charge in [0.25, 0.3) is 0 Å². The lowest BCUT2D eigenvalue weighted by molar-refractivity contribution is -0.122. The third-order valence-electron chi connectivity index (χ3n) is 4.02. The van der Waals surface area contributed by atoms with Gasteiger partial charge in [-0.2, -0.15) is 18.0 Å². The number of anilines is 1. The number of carbonyl (C=O) groups is 1. The molecule has 2 amide bonds. The van der Waals surface area contributed by atoms with E-state index in [1.54, 1.807) is 53.6 Å². The van der Waals surface area contributed by atoms with Crippen molar-refractivity contribution in [1.82, 2.24) is 39.9 Å². The highest BCUT2D eigenvalue weighted by Gasteiger charge is 2.27. The summed E-state index contributed by atoms with van der Waals surface area (Å²) in [5.41, 5.74) is 2.89. The van der Waals surface area contributed by atoms with Crippen LogP contribution in [0.1, 0.15) is 0 Å². The van der Waals surface area contributed by atoms with Crippen LogP contribution in [0.2, 0.25) is 0 Å². The molecule has 0 atom stereocenters. The number of alkyl halides is 3. The molecule has 0 radical (unpaired) electrons. The van der Waals surface area contributed by atoms with Crippen LogP contribution in [0.3, 0.4) is 0 Å². The van der Waals surface area contributed by atoms with E-state index in [9.17, 15) is 18.0 Å². The van der Waals surface area contributed by atoms with Gasteiger partial charge in [0.2, 0.25) is 5.82 Å². The maximum absolute atomic E-state index is 12.2. The Balaban J connectivity index is 1.57. The predicted molar refractivity (Wildman–Crippen MR) is 99.3 cm³/mol. The van der Waals surface area contributed by atoms with Crippen molar-refractivity contribution in [3.8, 4) is 22.6 Å². The number of halogens is 3. The molecule has 0 spiro atoms. The van der Waals surface area contributed by atoms with Gasteiger partial charge in [-0.3, -0.25) is 9.38 Å². The summed E-state index contributed by atoms with van der Waals surface area (Å²) < 4.78 is 38.4. The van der Waals surface area contributed by atoms with Crippen LogP contribution >= 0.6 is 0 Å². The van der Waals surface area contributed by atoms with E-state index in [0.717, 1.165) is 5.56 Å². The standard InChI is InChI=1S/C17H14F3N9O/c1-28-26-15(25-27-28)10-2-3-29-13(8-22-14(29)5-10)11-4-12(7-21-6-11)24-16(30)23-9-17(18,19)20/h2-8H,9H2,1H3,(H2,23,24,30). The Kier molecular flexibility index (Phi) is 4.77. The number of hydrogen-bond donors (Lipinski definition) is 2. The molecule has 154 valence electrons. The average Bonchev–Trinajstić information content (AvgIpc) is 3.32. The number of carbonyl (C=O) groups excluding carboxylic acids is 1. The van der Waals surface area contributed by atoms with Gasteiger partial charge in [-0.1, -0.05) is 0 Å². The number of amides is 2. The van der Waals surface area contributed by atoms with Gasteiger partial charge in [0.1, 0.15) is 12.2 Å². The fourth-order valence-electron chi connectivity index (χ4n) is 2.74. The number of nitrogens with one attached hydrogen (secondary N) is 2.